The molecule has 5 nitrogen and oxygen atoms in total. The summed E-state index contributed by atoms with van der Waals surface area (Å²) < 4.78 is 1.68. The summed E-state index contributed by atoms with van der Waals surface area (Å²) in [6.45, 7) is 1.99. The van der Waals surface area contributed by atoms with Crippen molar-refractivity contribution in [1.82, 2.24) is 9.55 Å². The molecule has 0 aliphatic heterocycles. The van der Waals surface area contributed by atoms with Crippen LogP contribution in [0.2, 0.25) is 0 Å². The molecule has 2 rings (SSSR count). The molecule has 0 bridgehead atoms. The largest absolute Gasteiger partial charge is 0.480 e. The van der Waals surface area contributed by atoms with Gasteiger partial charge in [-0.15, -0.1) is 0 Å². The van der Waals surface area contributed by atoms with Gasteiger partial charge in [0, 0.05) is 5.69 Å². The molecule has 0 aliphatic rings. The van der Waals surface area contributed by atoms with Crippen LogP contribution in [0.25, 0.3) is 5.69 Å². The van der Waals surface area contributed by atoms with E-state index in [0.29, 0.717) is 5.69 Å². The summed E-state index contributed by atoms with van der Waals surface area (Å²) in [5.41, 5.74) is 8.03. The highest BCUT2D eigenvalue weighted by molar-refractivity contribution is 5.74. The molecule has 1 unspecified atom stereocenters. The lowest BCUT2D eigenvalue weighted by atomic mass is 10.2. The van der Waals surface area contributed by atoms with E-state index in [0.717, 1.165) is 11.3 Å². The number of benzene rings is 1. The maximum absolute atomic E-state index is 10.9. The summed E-state index contributed by atoms with van der Waals surface area (Å²) >= 11 is 0. The molecule has 0 aliphatic carbocycles. The average molecular weight is 231 g/mol. The van der Waals surface area contributed by atoms with Gasteiger partial charge in [-0.1, -0.05) is 17.7 Å². The van der Waals surface area contributed by atoms with Crippen LogP contribution in [0.1, 0.15) is 17.3 Å². The van der Waals surface area contributed by atoms with Crippen molar-refractivity contribution in [2.45, 2.75) is 13.0 Å². The average Bonchev–Trinajstić information content (AvgIpc) is 2.77. The third kappa shape index (κ3) is 2.19. The number of hydrogen-bond acceptors (Lipinski definition) is 3. The second-order valence-corrected chi connectivity index (χ2v) is 3.84. The van der Waals surface area contributed by atoms with Crippen LogP contribution in [0.5, 0.6) is 0 Å². The van der Waals surface area contributed by atoms with Gasteiger partial charge in [0.15, 0.2) is 0 Å². The first-order valence-electron chi connectivity index (χ1n) is 5.17. The van der Waals surface area contributed by atoms with Gasteiger partial charge in [0.25, 0.3) is 0 Å². The predicted molar refractivity (Wildman–Crippen MR) is 62.9 cm³/mol. The highest BCUT2D eigenvalue weighted by atomic mass is 16.4. The lowest BCUT2D eigenvalue weighted by molar-refractivity contribution is -0.138. The molecule has 17 heavy (non-hydrogen) atoms. The fourth-order valence-corrected chi connectivity index (χ4v) is 1.58. The van der Waals surface area contributed by atoms with Gasteiger partial charge in [-0.2, -0.15) is 0 Å². The summed E-state index contributed by atoms with van der Waals surface area (Å²) in [5.74, 6) is -1.07. The van der Waals surface area contributed by atoms with Crippen LogP contribution in [-0.2, 0) is 4.79 Å². The Morgan fingerprint density at radius 1 is 1.41 bits per heavy atom. The van der Waals surface area contributed by atoms with Gasteiger partial charge in [0.05, 0.1) is 18.2 Å². The Hall–Kier alpha value is -2.14. The van der Waals surface area contributed by atoms with E-state index >= 15 is 0 Å². The maximum Gasteiger partial charge on any atom is 0.326 e. The normalized spacial score (nSPS) is 12.4. The minimum atomic E-state index is -1.07. The molecule has 0 fully saturated rings. The van der Waals surface area contributed by atoms with Crippen LogP contribution >= 0.6 is 0 Å². The Balaban J connectivity index is 2.43. The molecular formula is C12H13N3O2. The fourth-order valence-electron chi connectivity index (χ4n) is 1.58. The molecule has 1 aromatic heterocycles. The molecule has 5 heteroatoms. The zero-order valence-electron chi connectivity index (χ0n) is 9.37. The molecule has 88 valence electrons. The number of imidazole rings is 1. The topological polar surface area (TPSA) is 81.1 Å². The van der Waals surface area contributed by atoms with Gasteiger partial charge in [0.1, 0.15) is 6.04 Å². The number of aryl methyl sites for hydroxylation is 1. The lowest BCUT2D eigenvalue weighted by Gasteiger charge is -2.11. The summed E-state index contributed by atoms with van der Waals surface area (Å²) in [5, 5.41) is 8.90. The summed E-state index contributed by atoms with van der Waals surface area (Å²) in [6, 6.07) is 6.62. The summed E-state index contributed by atoms with van der Waals surface area (Å²) in [4.78, 5) is 14.8. The number of rotatable bonds is 3. The third-order valence-corrected chi connectivity index (χ3v) is 2.56. The number of hydrogen-bond donors (Lipinski definition) is 2. The number of aliphatic carboxylic acids is 1. The van der Waals surface area contributed by atoms with Crippen molar-refractivity contribution < 1.29 is 9.90 Å². The van der Waals surface area contributed by atoms with Crippen LogP contribution < -0.4 is 5.73 Å². The molecule has 1 heterocycles. The Morgan fingerprint density at radius 2 is 2.06 bits per heavy atom. The minimum absolute atomic E-state index is 0.460. The van der Waals surface area contributed by atoms with E-state index in [4.69, 9.17) is 10.8 Å². The van der Waals surface area contributed by atoms with Crippen LogP contribution in [-0.4, -0.2) is 20.6 Å². The summed E-state index contributed by atoms with van der Waals surface area (Å²) in [6.07, 6.45) is 3.03. The van der Waals surface area contributed by atoms with E-state index in [1.54, 1.807) is 10.9 Å². The zero-order chi connectivity index (χ0) is 12.4. The molecular weight excluding hydrogens is 218 g/mol. The van der Waals surface area contributed by atoms with E-state index in [1.165, 1.54) is 6.20 Å². The Kier molecular flexibility index (Phi) is 2.93. The number of aromatic nitrogens is 2. The second kappa shape index (κ2) is 4.39. The second-order valence-electron chi connectivity index (χ2n) is 3.84. The number of carboxylic acid groups (broad SMARTS) is 1. The fraction of sp³-hybridized carbons (Fsp3) is 0.167. The van der Waals surface area contributed by atoms with Crippen molar-refractivity contribution in [3.05, 3.63) is 48.0 Å². The van der Waals surface area contributed by atoms with Gasteiger partial charge in [-0.3, -0.25) is 4.79 Å². The van der Waals surface area contributed by atoms with E-state index in [2.05, 4.69) is 4.98 Å². The number of nitrogens with two attached hydrogens (primary N) is 1. The van der Waals surface area contributed by atoms with Crippen molar-refractivity contribution in [2.24, 2.45) is 5.73 Å². The van der Waals surface area contributed by atoms with E-state index in [9.17, 15) is 4.79 Å². The van der Waals surface area contributed by atoms with E-state index < -0.39 is 12.0 Å². The molecule has 1 atom stereocenters. The van der Waals surface area contributed by atoms with E-state index in [1.807, 2.05) is 31.2 Å². The van der Waals surface area contributed by atoms with Crippen molar-refractivity contribution in [3.63, 3.8) is 0 Å². The van der Waals surface area contributed by atoms with Crippen LogP contribution in [0, 0.1) is 6.92 Å². The molecule has 2 aromatic rings. The Bertz CT molecular complexity index is 531. The van der Waals surface area contributed by atoms with Crippen molar-refractivity contribution >= 4 is 5.97 Å². The van der Waals surface area contributed by atoms with E-state index in [-0.39, 0.29) is 0 Å². The van der Waals surface area contributed by atoms with Crippen molar-refractivity contribution in [1.29, 1.82) is 0 Å². The van der Waals surface area contributed by atoms with Crippen LogP contribution in [0.4, 0.5) is 0 Å². The molecule has 1 aromatic carbocycles. The quantitative estimate of drug-likeness (QED) is 0.833. The Labute approximate surface area is 98.5 Å². The number of nitrogens with zero attached hydrogens (tertiary/aromatic N) is 2. The lowest BCUT2D eigenvalue weighted by Crippen LogP contribution is -2.23. The van der Waals surface area contributed by atoms with Gasteiger partial charge in [-0.05, 0) is 19.1 Å². The minimum Gasteiger partial charge on any atom is -0.480 e. The number of carbonyl (C=O) groups is 1. The molecule has 0 saturated heterocycles. The number of carboxylic acids is 1. The van der Waals surface area contributed by atoms with Gasteiger partial charge >= 0.3 is 5.97 Å². The molecule has 0 amide bonds. The first-order valence-corrected chi connectivity index (χ1v) is 5.17. The molecule has 3 N–H and O–H groups in total. The smallest absolute Gasteiger partial charge is 0.326 e. The van der Waals surface area contributed by atoms with Gasteiger partial charge in [0.2, 0.25) is 0 Å². The Morgan fingerprint density at radius 3 is 2.65 bits per heavy atom. The highest BCUT2D eigenvalue weighted by Crippen LogP contribution is 2.16. The molecule has 0 radical (unpaired) electrons. The third-order valence-electron chi connectivity index (χ3n) is 2.56. The monoisotopic (exact) mass is 231 g/mol. The predicted octanol–water partition coefficient (Wildman–Crippen LogP) is 1.27. The van der Waals surface area contributed by atoms with Crippen molar-refractivity contribution in [2.75, 3.05) is 0 Å². The first-order chi connectivity index (χ1) is 8.09. The van der Waals surface area contributed by atoms with Crippen molar-refractivity contribution in [3.8, 4) is 5.69 Å². The molecule has 0 spiro atoms. The van der Waals surface area contributed by atoms with Crippen LogP contribution in [0.3, 0.4) is 0 Å². The van der Waals surface area contributed by atoms with Crippen LogP contribution in [0.15, 0.2) is 36.8 Å². The maximum atomic E-state index is 10.9. The van der Waals surface area contributed by atoms with Gasteiger partial charge in [-0.25, -0.2) is 4.98 Å². The standard InChI is InChI=1S/C12H13N3O2/c1-8-2-4-9(5-3-8)15-7-14-6-10(15)11(13)12(16)17/h2-7,11H,13H2,1H3,(H,16,17). The molecule has 0 saturated carbocycles. The van der Waals surface area contributed by atoms with Gasteiger partial charge < -0.3 is 15.4 Å². The summed E-state index contributed by atoms with van der Waals surface area (Å²) in [7, 11) is 0. The SMILES string of the molecule is Cc1ccc(-n2cncc2C(N)C(=O)O)cc1. The highest BCUT2D eigenvalue weighted by Gasteiger charge is 2.19. The first kappa shape index (κ1) is 11.3. The zero-order valence-corrected chi connectivity index (χ0v) is 9.37.